The number of amides is 4. The third kappa shape index (κ3) is 4.14. The van der Waals surface area contributed by atoms with Crippen molar-refractivity contribution in [2.24, 2.45) is 17.8 Å². The minimum Gasteiger partial charge on any atom is -0.507 e. The van der Waals surface area contributed by atoms with Gasteiger partial charge in [-0.3, -0.25) is 24.1 Å². The number of halogens is 3. The highest BCUT2D eigenvalue weighted by atomic mass is 79.9. The number of aliphatic hydroxyl groups excluding tert-OH is 1. The van der Waals surface area contributed by atoms with Crippen molar-refractivity contribution in [3.8, 4) is 11.5 Å². The maximum absolute atomic E-state index is 14.1. The lowest BCUT2D eigenvalue weighted by atomic mass is 9.56. The minimum atomic E-state index is -1.96. The van der Waals surface area contributed by atoms with Crippen LogP contribution < -0.4 is 9.64 Å². The van der Waals surface area contributed by atoms with E-state index in [0.29, 0.717) is 16.9 Å². The fourth-order valence-corrected chi connectivity index (χ4v) is 8.57. The monoisotopic (exact) mass is 706 g/mol. The molecule has 2 heterocycles. The number of aliphatic hydroxyl groups is 1. The molecular weight excluding hydrogens is 683 g/mol. The number of imide groups is 2. The van der Waals surface area contributed by atoms with Gasteiger partial charge in [0.15, 0.2) is 9.75 Å². The van der Waals surface area contributed by atoms with Gasteiger partial charge in [0.2, 0.25) is 11.8 Å². The molecule has 2 aromatic carbocycles. The van der Waals surface area contributed by atoms with Crippen molar-refractivity contribution in [3.63, 3.8) is 0 Å². The molecule has 6 rings (SSSR count). The number of aromatic carboxylic acids is 1. The van der Waals surface area contributed by atoms with E-state index in [9.17, 15) is 34.2 Å². The first kappa shape index (κ1) is 30.6. The fraction of sp³-hybridized carbons (Fsp3) is 0.367. The molecule has 0 spiro atoms. The van der Waals surface area contributed by atoms with E-state index in [2.05, 4.69) is 15.9 Å². The van der Waals surface area contributed by atoms with E-state index in [1.54, 1.807) is 30.3 Å². The second-order valence-corrected chi connectivity index (χ2v) is 12.9. The van der Waals surface area contributed by atoms with E-state index >= 15 is 0 Å². The van der Waals surface area contributed by atoms with Crippen LogP contribution in [0, 0.1) is 17.8 Å². The molecule has 230 valence electrons. The predicted molar refractivity (Wildman–Crippen MR) is 160 cm³/mol. The number of carbonyl (C=O) groups is 5. The highest BCUT2D eigenvalue weighted by Crippen LogP contribution is 2.65. The molecule has 0 bridgehead atoms. The van der Waals surface area contributed by atoms with Crippen LogP contribution in [-0.2, 0) is 19.2 Å². The predicted octanol–water partition coefficient (Wildman–Crippen LogP) is 3.38. The van der Waals surface area contributed by atoms with Gasteiger partial charge in [0.05, 0.1) is 29.6 Å². The van der Waals surface area contributed by atoms with E-state index in [1.165, 1.54) is 6.07 Å². The Balaban J connectivity index is 1.45. The van der Waals surface area contributed by atoms with Crippen LogP contribution in [0.2, 0.25) is 0 Å². The molecule has 44 heavy (non-hydrogen) atoms. The first-order valence-electron chi connectivity index (χ1n) is 13.7. The molecule has 11 nitrogen and oxygen atoms in total. The summed E-state index contributed by atoms with van der Waals surface area (Å²) in [5.74, 6) is -7.56. The van der Waals surface area contributed by atoms with Crippen molar-refractivity contribution in [1.29, 1.82) is 0 Å². The Morgan fingerprint density at radius 1 is 1.02 bits per heavy atom. The summed E-state index contributed by atoms with van der Waals surface area (Å²) >= 11 is 17.6. The standard InChI is InChI=1S/C30H25BrCl2N2O9/c31-13-34-27(42)29(32)12-20-17(23(30(29,33)28(34)43)14-1-4-16(5-2-14)44-10-9-36)7-8-19-22(20)25(39)35(24(19)38)15-3-6-18(26(40)41)21(37)11-15/h1-7,11,19-20,22-23,36-37H,8-10,12-13H2,(H,40,41)/t19-,20+,22-,23-,29+,30-/m0/s1. The summed E-state index contributed by atoms with van der Waals surface area (Å²) < 4.78 is 5.48. The Labute approximate surface area is 269 Å². The zero-order valence-corrected chi connectivity index (χ0v) is 25.9. The number of carboxylic acids is 1. The number of hydrogen-bond donors (Lipinski definition) is 3. The van der Waals surface area contributed by atoms with Gasteiger partial charge >= 0.3 is 5.97 Å². The third-order valence-corrected chi connectivity index (χ3v) is 11.0. The molecule has 14 heteroatoms. The zero-order chi connectivity index (χ0) is 31.7. The van der Waals surface area contributed by atoms with Gasteiger partial charge in [-0.15, -0.1) is 23.2 Å². The lowest BCUT2D eigenvalue weighted by molar-refractivity contribution is -0.138. The number of fused-ring (bicyclic) bond motifs is 4. The highest BCUT2D eigenvalue weighted by Gasteiger charge is 2.76. The number of aromatic hydroxyl groups is 1. The number of carbonyl (C=O) groups excluding carboxylic acids is 4. The second-order valence-electron chi connectivity index (χ2n) is 11.1. The zero-order valence-electron chi connectivity index (χ0n) is 22.8. The molecule has 6 atom stereocenters. The summed E-state index contributed by atoms with van der Waals surface area (Å²) in [4.78, 5) is 64.7. The molecule has 4 aliphatic rings. The molecule has 1 saturated carbocycles. The van der Waals surface area contributed by atoms with Crippen molar-refractivity contribution >= 4 is 74.4 Å². The van der Waals surface area contributed by atoms with Crippen LogP contribution >= 0.6 is 39.1 Å². The molecule has 2 aliphatic carbocycles. The molecule has 0 radical (unpaired) electrons. The van der Waals surface area contributed by atoms with Gasteiger partial charge in [-0.1, -0.05) is 39.7 Å². The van der Waals surface area contributed by atoms with Gasteiger partial charge in [-0.2, -0.15) is 0 Å². The van der Waals surface area contributed by atoms with Crippen molar-refractivity contribution in [1.82, 2.24) is 4.90 Å². The summed E-state index contributed by atoms with van der Waals surface area (Å²) in [6, 6.07) is 10.1. The van der Waals surface area contributed by atoms with E-state index in [0.717, 1.165) is 21.9 Å². The third-order valence-electron chi connectivity index (χ3n) is 9.06. The van der Waals surface area contributed by atoms with Crippen LogP contribution in [0.1, 0.15) is 34.7 Å². The van der Waals surface area contributed by atoms with Crippen LogP contribution in [0.3, 0.4) is 0 Å². The van der Waals surface area contributed by atoms with Gasteiger partial charge in [-0.05, 0) is 48.6 Å². The first-order chi connectivity index (χ1) is 20.9. The van der Waals surface area contributed by atoms with Crippen LogP contribution in [0.5, 0.6) is 11.5 Å². The van der Waals surface area contributed by atoms with Crippen LogP contribution in [-0.4, -0.2) is 78.2 Å². The summed E-state index contributed by atoms with van der Waals surface area (Å²) in [5, 5.41) is 28.6. The van der Waals surface area contributed by atoms with Gasteiger partial charge in [0.25, 0.3) is 11.8 Å². The van der Waals surface area contributed by atoms with Crippen LogP contribution in [0.15, 0.2) is 54.1 Å². The maximum atomic E-state index is 14.1. The van der Waals surface area contributed by atoms with Crippen molar-refractivity contribution < 1.29 is 44.0 Å². The number of phenols is 1. The number of ether oxygens (including phenoxy) is 1. The normalized spacial score (nSPS) is 31.0. The largest absolute Gasteiger partial charge is 0.507 e. The smallest absolute Gasteiger partial charge is 0.339 e. The first-order valence-corrected chi connectivity index (χ1v) is 15.6. The molecule has 2 aromatic rings. The quantitative estimate of drug-likeness (QED) is 0.170. The number of rotatable bonds is 7. The molecule has 3 N–H and O–H groups in total. The van der Waals surface area contributed by atoms with Gasteiger partial charge < -0.3 is 20.1 Å². The number of nitrogens with zero attached hydrogens (tertiary/aromatic N) is 2. The Kier molecular flexibility index (Phi) is 7.55. The molecule has 4 amide bonds. The average Bonchev–Trinajstić information content (AvgIpc) is 3.33. The second kappa shape index (κ2) is 10.9. The fourth-order valence-electron chi connectivity index (χ4n) is 7.14. The van der Waals surface area contributed by atoms with E-state index in [4.69, 9.17) is 33.0 Å². The number of alkyl halides is 3. The molecule has 0 unspecified atom stereocenters. The summed E-state index contributed by atoms with van der Waals surface area (Å²) in [6.45, 7) is -0.118. The SMILES string of the molecule is O=C(O)c1ccc(N2C(=O)[C@H]3[C@H](CC=C4[C@H]3C[C@@]3(Cl)C(=O)N(CBr)C(=O)[C@@]3(Cl)[C@H]4c3ccc(OCCO)cc3)C2=O)cc1O. The van der Waals surface area contributed by atoms with Crippen molar-refractivity contribution in [3.05, 3.63) is 65.2 Å². The molecule has 2 saturated heterocycles. The molecule has 0 aromatic heterocycles. The summed E-state index contributed by atoms with van der Waals surface area (Å²) in [6.07, 6.45) is 1.74. The van der Waals surface area contributed by atoms with Crippen molar-refractivity contribution in [2.75, 3.05) is 23.6 Å². The number of anilines is 1. The van der Waals surface area contributed by atoms with E-state index in [1.807, 2.05) is 0 Å². The van der Waals surface area contributed by atoms with Gasteiger partial charge in [0, 0.05) is 12.0 Å². The Morgan fingerprint density at radius 2 is 1.73 bits per heavy atom. The Hall–Kier alpha value is -3.45. The minimum absolute atomic E-state index is 0.00846. The Morgan fingerprint density at radius 3 is 2.34 bits per heavy atom. The topological polar surface area (TPSA) is 162 Å². The van der Waals surface area contributed by atoms with Gasteiger partial charge in [0.1, 0.15) is 23.7 Å². The summed E-state index contributed by atoms with van der Waals surface area (Å²) in [5.41, 5.74) is 0.613. The van der Waals surface area contributed by atoms with Crippen LogP contribution in [0.4, 0.5) is 5.69 Å². The molecule has 3 fully saturated rings. The maximum Gasteiger partial charge on any atom is 0.339 e. The number of benzene rings is 2. The number of carboxylic acid groups (broad SMARTS) is 1. The highest BCUT2D eigenvalue weighted by molar-refractivity contribution is 9.09. The molecule has 2 aliphatic heterocycles. The Bertz CT molecular complexity index is 1650. The number of allylic oxidation sites excluding steroid dienone is 2. The van der Waals surface area contributed by atoms with Crippen LogP contribution in [0.25, 0.3) is 0 Å². The average molecular weight is 708 g/mol. The number of likely N-dealkylation sites (tertiary alicyclic amines) is 1. The lowest BCUT2D eigenvalue weighted by Crippen LogP contribution is -2.60. The molecular formula is C30H25BrCl2N2O9. The number of hydrogen-bond acceptors (Lipinski definition) is 8. The van der Waals surface area contributed by atoms with E-state index in [-0.39, 0.29) is 42.8 Å². The van der Waals surface area contributed by atoms with Gasteiger partial charge in [-0.25, -0.2) is 9.69 Å². The summed E-state index contributed by atoms with van der Waals surface area (Å²) in [7, 11) is 0. The van der Waals surface area contributed by atoms with Crippen molar-refractivity contribution in [2.45, 2.75) is 28.5 Å². The van der Waals surface area contributed by atoms with E-state index < -0.39 is 68.8 Å². The lowest BCUT2D eigenvalue weighted by Gasteiger charge is -2.50.